The highest BCUT2D eigenvalue weighted by Crippen LogP contribution is 2.32. The maximum Gasteiger partial charge on any atom is 0.295 e. The molecule has 1 aliphatic rings. The van der Waals surface area contributed by atoms with Gasteiger partial charge < -0.3 is 29.2 Å². The first kappa shape index (κ1) is 18.8. The second kappa shape index (κ2) is 6.95. The van der Waals surface area contributed by atoms with Crippen LogP contribution in [0.3, 0.4) is 0 Å². The molecule has 1 aliphatic heterocycles. The third-order valence-electron chi connectivity index (χ3n) is 3.85. The largest absolute Gasteiger partial charge is 0.472 e. The van der Waals surface area contributed by atoms with Gasteiger partial charge in [0.05, 0.1) is 12.5 Å². The van der Waals surface area contributed by atoms with Gasteiger partial charge in [-0.15, -0.1) is 0 Å². The molecule has 3 heterocycles. The number of aliphatic hydroxyl groups excluding tert-OH is 3. The van der Waals surface area contributed by atoms with E-state index in [1.807, 2.05) is 0 Å². The normalized spacial score (nSPS) is 29.5. The minimum Gasteiger partial charge on any atom is -0.472 e. The Labute approximate surface area is 148 Å². The van der Waals surface area contributed by atoms with Crippen LogP contribution >= 0.6 is 0 Å². The lowest BCUT2D eigenvalue weighted by Crippen LogP contribution is -2.61. The Morgan fingerprint density at radius 2 is 1.85 bits per heavy atom. The van der Waals surface area contributed by atoms with Crippen LogP contribution < -0.4 is 4.74 Å². The van der Waals surface area contributed by atoms with Crippen LogP contribution in [0.15, 0.2) is 35.1 Å². The molecule has 0 aromatic carbocycles. The van der Waals surface area contributed by atoms with Crippen molar-refractivity contribution in [1.29, 1.82) is 0 Å². The molecule has 1 fully saturated rings. The summed E-state index contributed by atoms with van der Waals surface area (Å²) in [7, 11) is -4.87. The average molecular weight is 387 g/mol. The zero-order valence-electron chi connectivity index (χ0n) is 13.5. The van der Waals surface area contributed by atoms with Gasteiger partial charge in [0.1, 0.15) is 29.8 Å². The predicted octanol–water partition coefficient (Wildman–Crippen LogP) is -0.318. The van der Waals surface area contributed by atoms with Crippen LogP contribution in [0.25, 0.3) is 11.3 Å². The quantitative estimate of drug-likeness (QED) is 0.512. The molecular formula is C15H17NO9S. The van der Waals surface area contributed by atoms with E-state index in [1.165, 1.54) is 18.6 Å². The van der Waals surface area contributed by atoms with Gasteiger partial charge in [-0.1, -0.05) is 0 Å². The fraction of sp³-hybridized carbons (Fsp3) is 0.400. The van der Waals surface area contributed by atoms with Gasteiger partial charge in [0.2, 0.25) is 11.7 Å². The molecule has 5 atom stereocenters. The number of pyridine rings is 1. The van der Waals surface area contributed by atoms with E-state index < -0.39 is 40.2 Å². The molecule has 0 saturated carbocycles. The van der Waals surface area contributed by atoms with Crippen molar-refractivity contribution in [2.75, 3.05) is 0 Å². The lowest BCUT2D eigenvalue weighted by atomic mass is 10.1. The highest BCUT2D eigenvalue weighted by molar-refractivity contribution is 7.86. The number of aromatic nitrogens is 1. The number of aliphatic hydroxyl groups is 3. The first-order chi connectivity index (χ1) is 12.2. The van der Waals surface area contributed by atoms with Gasteiger partial charge in [-0.3, -0.25) is 4.55 Å². The SMILES string of the molecule is Cc1ccc(O[C@@H]2OC(S(=O)(=O)O)[C@@H](O)[C@H](O)[C@H]2O)c(-c2ccoc2)n1. The van der Waals surface area contributed by atoms with Crippen LogP contribution in [0.5, 0.6) is 5.75 Å². The van der Waals surface area contributed by atoms with Crippen LogP contribution in [-0.2, 0) is 14.9 Å². The van der Waals surface area contributed by atoms with Crippen molar-refractivity contribution < 1.29 is 42.2 Å². The fourth-order valence-electron chi connectivity index (χ4n) is 2.53. The molecule has 0 radical (unpaired) electrons. The van der Waals surface area contributed by atoms with E-state index in [0.717, 1.165) is 0 Å². The van der Waals surface area contributed by atoms with E-state index in [4.69, 9.17) is 18.4 Å². The number of aryl methyl sites for hydroxylation is 1. The van der Waals surface area contributed by atoms with Crippen molar-refractivity contribution in [2.45, 2.75) is 37.0 Å². The maximum absolute atomic E-state index is 11.3. The van der Waals surface area contributed by atoms with Gasteiger partial charge in [0.15, 0.2) is 0 Å². The van der Waals surface area contributed by atoms with Crippen molar-refractivity contribution in [3.8, 4) is 17.0 Å². The molecule has 2 aromatic heterocycles. The summed E-state index contributed by atoms with van der Waals surface area (Å²) in [4.78, 5) is 4.31. The Hall–Kier alpha value is -2.02. The molecule has 0 spiro atoms. The second-order valence-electron chi connectivity index (χ2n) is 5.79. The smallest absolute Gasteiger partial charge is 0.295 e. The zero-order valence-corrected chi connectivity index (χ0v) is 14.3. The van der Waals surface area contributed by atoms with Crippen molar-refractivity contribution in [1.82, 2.24) is 4.98 Å². The monoisotopic (exact) mass is 387 g/mol. The summed E-state index contributed by atoms with van der Waals surface area (Å²) >= 11 is 0. The highest BCUT2D eigenvalue weighted by Gasteiger charge is 2.50. The topological polar surface area (TPSA) is 160 Å². The Morgan fingerprint density at radius 3 is 2.46 bits per heavy atom. The van der Waals surface area contributed by atoms with Crippen LogP contribution in [0.1, 0.15) is 5.69 Å². The molecule has 142 valence electrons. The lowest BCUT2D eigenvalue weighted by Gasteiger charge is -2.38. The van der Waals surface area contributed by atoms with Gasteiger partial charge in [-0.2, -0.15) is 8.42 Å². The maximum atomic E-state index is 11.3. The summed E-state index contributed by atoms with van der Waals surface area (Å²) in [6.45, 7) is 1.74. The summed E-state index contributed by atoms with van der Waals surface area (Å²) in [5.74, 6) is 0.110. The molecule has 2 aromatic rings. The first-order valence-electron chi connectivity index (χ1n) is 7.51. The number of ether oxygens (including phenoxy) is 2. The predicted molar refractivity (Wildman–Crippen MR) is 85.5 cm³/mol. The molecule has 0 bridgehead atoms. The van der Waals surface area contributed by atoms with Crippen LogP contribution in [0.2, 0.25) is 0 Å². The van der Waals surface area contributed by atoms with Gasteiger partial charge in [-0.05, 0) is 25.1 Å². The molecule has 1 saturated heterocycles. The summed E-state index contributed by atoms with van der Waals surface area (Å²) in [6.07, 6.45) is -4.60. The Bertz CT molecular complexity index is 867. The van der Waals surface area contributed by atoms with Crippen molar-refractivity contribution in [2.24, 2.45) is 0 Å². The molecule has 4 N–H and O–H groups in total. The van der Waals surface area contributed by atoms with Crippen molar-refractivity contribution in [3.63, 3.8) is 0 Å². The van der Waals surface area contributed by atoms with E-state index in [2.05, 4.69) is 4.98 Å². The van der Waals surface area contributed by atoms with Gasteiger partial charge in [-0.25, -0.2) is 4.98 Å². The van der Waals surface area contributed by atoms with Gasteiger partial charge in [0.25, 0.3) is 10.1 Å². The van der Waals surface area contributed by atoms with Gasteiger partial charge >= 0.3 is 0 Å². The minimum absolute atomic E-state index is 0.110. The summed E-state index contributed by atoms with van der Waals surface area (Å²) in [6, 6.07) is 4.74. The molecular weight excluding hydrogens is 370 g/mol. The summed E-state index contributed by atoms with van der Waals surface area (Å²) in [5, 5.41) is 29.6. The third-order valence-corrected chi connectivity index (χ3v) is 4.83. The number of rotatable bonds is 4. The van der Waals surface area contributed by atoms with E-state index >= 15 is 0 Å². The lowest BCUT2D eigenvalue weighted by molar-refractivity contribution is -0.254. The standard InChI is InChI=1S/C15H17NO9S/c1-7-2-3-9(10(16-7)8-4-5-23-6-8)24-14-12(18)11(17)13(19)15(25-14)26(20,21)22/h2-6,11-15,17-19H,1H3,(H,20,21,22)/t11-,12-,13+,14-,15?/m1/s1. The Kier molecular flexibility index (Phi) is 5.01. The fourth-order valence-corrected chi connectivity index (χ4v) is 3.29. The molecule has 1 unspecified atom stereocenters. The third kappa shape index (κ3) is 3.58. The molecule has 11 heteroatoms. The Balaban J connectivity index is 1.93. The molecule has 0 amide bonds. The zero-order chi connectivity index (χ0) is 19.1. The molecule has 26 heavy (non-hydrogen) atoms. The number of hydrogen-bond acceptors (Lipinski definition) is 9. The van der Waals surface area contributed by atoms with Crippen LogP contribution in [0.4, 0.5) is 0 Å². The number of furan rings is 1. The van der Waals surface area contributed by atoms with Crippen LogP contribution in [-0.4, -0.2) is 63.3 Å². The number of nitrogens with zero attached hydrogens (tertiary/aromatic N) is 1. The van der Waals surface area contributed by atoms with E-state index in [1.54, 1.807) is 19.1 Å². The average Bonchev–Trinajstić information content (AvgIpc) is 3.10. The Morgan fingerprint density at radius 1 is 1.12 bits per heavy atom. The highest BCUT2D eigenvalue weighted by atomic mass is 32.2. The molecule has 0 aliphatic carbocycles. The van der Waals surface area contributed by atoms with E-state index in [-0.39, 0.29) is 5.75 Å². The minimum atomic E-state index is -4.87. The second-order valence-corrected chi connectivity index (χ2v) is 7.28. The van der Waals surface area contributed by atoms with Crippen LogP contribution in [0, 0.1) is 6.92 Å². The first-order valence-corrected chi connectivity index (χ1v) is 9.01. The van der Waals surface area contributed by atoms with E-state index in [0.29, 0.717) is 17.0 Å². The van der Waals surface area contributed by atoms with Crippen molar-refractivity contribution in [3.05, 3.63) is 36.4 Å². The molecule has 10 nitrogen and oxygen atoms in total. The van der Waals surface area contributed by atoms with Crippen molar-refractivity contribution >= 4 is 10.1 Å². The molecule has 3 rings (SSSR count). The summed E-state index contributed by atoms with van der Waals surface area (Å²) in [5.41, 5.74) is -0.633. The summed E-state index contributed by atoms with van der Waals surface area (Å²) < 4.78 is 47.3. The van der Waals surface area contributed by atoms with Gasteiger partial charge in [0, 0.05) is 11.3 Å². The van der Waals surface area contributed by atoms with E-state index in [9.17, 15) is 23.7 Å². The number of hydrogen-bond donors (Lipinski definition) is 4.